The highest BCUT2D eigenvalue weighted by Crippen LogP contribution is 2.33. The smallest absolute Gasteiger partial charge is 0.229 e. The standard InChI is InChI=1S/C14H14ClN5O/c1-16-9-2-3-20(6-9)13-12-11(18-7-19-13)10-4-8(15)5-17-14(10)21-12/h4-5,7,9,16H,2-3,6H2,1H3/t9-/m1/s1. The summed E-state index contributed by atoms with van der Waals surface area (Å²) in [5.41, 5.74) is 1.98. The molecule has 1 atom stereocenters. The van der Waals surface area contributed by atoms with Crippen LogP contribution in [0.25, 0.3) is 22.2 Å². The molecule has 6 nitrogen and oxygen atoms in total. The fourth-order valence-corrected chi connectivity index (χ4v) is 3.00. The first-order valence-corrected chi connectivity index (χ1v) is 7.25. The molecule has 3 aromatic rings. The van der Waals surface area contributed by atoms with Crippen LogP contribution in [0.2, 0.25) is 5.02 Å². The summed E-state index contributed by atoms with van der Waals surface area (Å²) in [7, 11) is 1.98. The van der Waals surface area contributed by atoms with Crippen molar-refractivity contribution >= 4 is 39.6 Å². The van der Waals surface area contributed by atoms with E-state index in [-0.39, 0.29) is 0 Å². The lowest BCUT2D eigenvalue weighted by molar-refractivity contribution is 0.615. The van der Waals surface area contributed by atoms with Gasteiger partial charge in [-0.15, -0.1) is 0 Å². The lowest BCUT2D eigenvalue weighted by Gasteiger charge is -2.16. The first-order chi connectivity index (χ1) is 10.3. The predicted octanol–water partition coefficient (Wildman–Crippen LogP) is 2.22. The first kappa shape index (κ1) is 12.8. The molecule has 4 rings (SSSR count). The predicted molar refractivity (Wildman–Crippen MR) is 81.8 cm³/mol. The summed E-state index contributed by atoms with van der Waals surface area (Å²) in [5, 5.41) is 4.70. The van der Waals surface area contributed by atoms with E-state index < -0.39 is 0 Å². The Kier molecular flexibility index (Phi) is 2.94. The number of furan rings is 1. The number of hydrogen-bond donors (Lipinski definition) is 1. The molecule has 1 aliphatic heterocycles. The van der Waals surface area contributed by atoms with Gasteiger partial charge < -0.3 is 14.6 Å². The van der Waals surface area contributed by atoms with E-state index in [0.29, 0.717) is 22.4 Å². The van der Waals surface area contributed by atoms with Gasteiger partial charge in [0.05, 0.1) is 10.4 Å². The third kappa shape index (κ3) is 2.02. The molecule has 1 aliphatic rings. The molecule has 108 valence electrons. The fraction of sp³-hybridized carbons (Fsp3) is 0.357. The topological polar surface area (TPSA) is 67.1 Å². The fourth-order valence-electron chi connectivity index (χ4n) is 2.84. The van der Waals surface area contributed by atoms with Gasteiger partial charge in [0, 0.05) is 25.3 Å². The van der Waals surface area contributed by atoms with Crippen molar-refractivity contribution in [3.8, 4) is 0 Å². The van der Waals surface area contributed by atoms with Crippen LogP contribution in [0.1, 0.15) is 6.42 Å². The van der Waals surface area contributed by atoms with E-state index in [1.54, 1.807) is 12.5 Å². The molecule has 0 aliphatic carbocycles. The van der Waals surface area contributed by atoms with Crippen LogP contribution < -0.4 is 10.2 Å². The summed E-state index contributed by atoms with van der Waals surface area (Å²) < 4.78 is 5.86. The largest absolute Gasteiger partial charge is 0.432 e. The highest BCUT2D eigenvalue weighted by molar-refractivity contribution is 6.31. The zero-order chi connectivity index (χ0) is 14.4. The number of anilines is 1. The Balaban J connectivity index is 1.88. The molecule has 1 saturated heterocycles. The van der Waals surface area contributed by atoms with Crippen LogP contribution in [-0.4, -0.2) is 41.1 Å². The zero-order valence-electron chi connectivity index (χ0n) is 11.5. The van der Waals surface area contributed by atoms with Crippen molar-refractivity contribution in [2.45, 2.75) is 12.5 Å². The maximum Gasteiger partial charge on any atom is 0.229 e. The lowest BCUT2D eigenvalue weighted by atomic mass is 10.3. The van der Waals surface area contributed by atoms with Gasteiger partial charge in [0.25, 0.3) is 0 Å². The Bertz CT molecular complexity index is 818. The third-order valence-corrected chi connectivity index (χ3v) is 4.16. The zero-order valence-corrected chi connectivity index (χ0v) is 12.3. The molecule has 1 N–H and O–H groups in total. The van der Waals surface area contributed by atoms with Gasteiger partial charge in [-0.1, -0.05) is 11.6 Å². The van der Waals surface area contributed by atoms with E-state index in [4.69, 9.17) is 16.0 Å². The number of hydrogen-bond acceptors (Lipinski definition) is 6. The van der Waals surface area contributed by atoms with E-state index >= 15 is 0 Å². The van der Waals surface area contributed by atoms with E-state index in [2.05, 4.69) is 25.2 Å². The summed E-state index contributed by atoms with van der Waals surface area (Å²) >= 11 is 6.01. The average Bonchev–Trinajstić information content (AvgIpc) is 3.11. The highest BCUT2D eigenvalue weighted by atomic mass is 35.5. The molecule has 0 spiro atoms. The number of aromatic nitrogens is 3. The van der Waals surface area contributed by atoms with Crippen molar-refractivity contribution in [1.29, 1.82) is 0 Å². The van der Waals surface area contributed by atoms with Crippen LogP contribution in [0.15, 0.2) is 23.0 Å². The molecular weight excluding hydrogens is 290 g/mol. The molecule has 0 amide bonds. The minimum Gasteiger partial charge on any atom is -0.432 e. The van der Waals surface area contributed by atoms with Crippen LogP contribution in [0.5, 0.6) is 0 Å². The second-order valence-corrected chi connectivity index (χ2v) is 5.64. The molecule has 1 fully saturated rings. The number of rotatable bonds is 2. The molecule has 0 aromatic carbocycles. The van der Waals surface area contributed by atoms with Gasteiger partial charge in [0.15, 0.2) is 11.4 Å². The summed E-state index contributed by atoms with van der Waals surface area (Å²) in [6.07, 6.45) is 4.23. The molecule has 7 heteroatoms. The van der Waals surface area contributed by atoms with E-state index in [1.165, 1.54) is 0 Å². The normalized spacial score (nSPS) is 19.0. The molecular formula is C14H14ClN5O. The van der Waals surface area contributed by atoms with Crippen molar-refractivity contribution in [3.05, 3.63) is 23.6 Å². The van der Waals surface area contributed by atoms with Crippen LogP contribution in [0.4, 0.5) is 5.82 Å². The Hall–Kier alpha value is -1.92. The Morgan fingerprint density at radius 2 is 2.29 bits per heavy atom. The van der Waals surface area contributed by atoms with Crippen molar-refractivity contribution in [2.75, 3.05) is 25.0 Å². The SMILES string of the molecule is CN[C@@H]1CCN(c2ncnc3c2oc2ncc(Cl)cc23)C1. The van der Waals surface area contributed by atoms with Crippen molar-refractivity contribution in [2.24, 2.45) is 0 Å². The van der Waals surface area contributed by atoms with Crippen LogP contribution in [0.3, 0.4) is 0 Å². The highest BCUT2D eigenvalue weighted by Gasteiger charge is 2.25. The molecule has 0 bridgehead atoms. The summed E-state index contributed by atoms with van der Waals surface area (Å²) in [6, 6.07) is 2.30. The minimum atomic E-state index is 0.479. The maximum atomic E-state index is 6.01. The average molecular weight is 304 g/mol. The van der Waals surface area contributed by atoms with Crippen LogP contribution in [0, 0.1) is 0 Å². The first-order valence-electron chi connectivity index (χ1n) is 6.87. The Labute approximate surface area is 126 Å². The Morgan fingerprint density at radius 1 is 1.38 bits per heavy atom. The van der Waals surface area contributed by atoms with E-state index in [1.807, 2.05) is 13.1 Å². The number of nitrogens with zero attached hydrogens (tertiary/aromatic N) is 4. The monoisotopic (exact) mass is 303 g/mol. The molecule has 0 saturated carbocycles. The number of likely N-dealkylation sites (N-methyl/N-ethyl adjacent to an activating group) is 1. The number of pyridine rings is 1. The minimum absolute atomic E-state index is 0.479. The van der Waals surface area contributed by atoms with Gasteiger partial charge in [0.1, 0.15) is 11.8 Å². The van der Waals surface area contributed by atoms with Crippen molar-refractivity contribution in [3.63, 3.8) is 0 Å². The molecule has 0 unspecified atom stereocenters. The third-order valence-electron chi connectivity index (χ3n) is 3.95. The maximum absolute atomic E-state index is 6.01. The van der Waals surface area contributed by atoms with Gasteiger partial charge in [-0.3, -0.25) is 0 Å². The van der Waals surface area contributed by atoms with Crippen molar-refractivity contribution < 1.29 is 4.42 Å². The van der Waals surface area contributed by atoms with Gasteiger partial charge >= 0.3 is 0 Å². The molecule has 21 heavy (non-hydrogen) atoms. The Morgan fingerprint density at radius 3 is 3.10 bits per heavy atom. The number of halogens is 1. The van der Waals surface area contributed by atoms with Crippen molar-refractivity contribution in [1.82, 2.24) is 20.3 Å². The quantitative estimate of drug-likeness (QED) is 0.783. The van der Waals surface area contributed by atoms with Crippen LogP contribution >= 0.6 is 11.6 Å². The lowest BCUT2D eigenvalue weighted by Crippen LogP contribution is -2.29. The summed E-state index contributed by atoms with van der Waals surface area (Å²) in [4.78, 5) is 15.2. The summed E-state index contributed by atoms with van der Waals surface area (Å²) in [6.45, 7) is 1.86. The summed E-state index contributed by atoms with van der Waals surface area (Å²) in [5.74, 6) is 0.826. The number of nitrogens with one attached hydrogen (secondary N) is 1. The second kappa shape index (κ2) is 4.82. The van der Waals surface area contributed by atoms with E-state index in [0.717, 1.165) is 36.2 Å². The van der Waals surface area contributed by atoms with Gasteiger partial charge in [-0.05, 0) is 19.5 Å². The molecule has 0 radical (unpaired) electrons. The molecule has 4 heterocycles. The van der Waals surface area contributed by atoms with Gasteiger partial charge in [-0.25, -0.2) is 15.0 Å². The number of fused-ring (bicyclic) bond motifs is 3. The molecule has 3 aromatic heterocycles. The second-order valence-electron chi connectivity index (χ2n) is 5.20. The van der Waals surface area contributed by atoms with Gasteiger partial charge in [0.2, 0.25) is 5.71 Å². The van der Waals surface area contributed by atoms with Gasteiger partial charge in [-0.2, -0.15) is 0 Å². The van der Waals surface area contributed by atoms with E-state index in [9.17, 15) is 0 Å². The van der Waals surface area contributed by atoms with Crippen LogP contribution in [-0.2, 0) is 0 Å².